The second kappa shape index (κ2) is 7.07. The monoisotopic (exact) mass is 363 g/mol. The summed E-state index contributed by atoms with van der Waals surface area (Å²) < 4.78 is 18.4. The summed E-state index contributed by atoms with van der Waals surface area (Å²) in [4.78, 5) is 19.1. The predicted molar refractivity (Wildman–Crippen MR) is 99.9 cm³/mol. The molecule has 0 saturated heterocycles. The molecular weight excluding hydrogens is 345 g/mol. The largest absolute Gasteiger partial charge is 0.497 e. The molecule has 0 fully saturated rings. The van der Waals surface area contributed by atoms with Gasteiger partial charge in [0.25, 0.3) is 5.91 Å². The summed E-state index contributed by atoms with van der Waals surface area (Å²) in [7, 11) is 1.62. The molecule has 1 aliphatic rings. The Labute approximate surface area is 156 Å². The van der Waals surface area contributed by atoms with Crippen LogP contribution in [0.25, 0.3) is 0 Å². The lowest BCUT2D eigenvalue weighted by molar-refractivity contribution is 0.0727. The predicted octanol–water partition coefficient (Wildman–Crippen LogP) is 4.00. The Morgan fingerprint density at radius 2 is 1.85 bits per heavy atom. The number of rotatable bonds is 5. The second-order valence-electron chi connectivity index (χ2n) is 6.27. The topological polar surface area (TPSA) is 54.5 Å². The van der Waals surface area contributed by atoms with E-state index in [1.54, 1.807) is 42.5 Å². The van der Waals surface area contributed by atoms with E-state index >= 15 is 0 Å². The maximum Gasteiger partial charge on any atom is 0.258 e. The number of hydrogen-bond donors (Lipinski definition) is 1. The van der Waals surface area contributed by atoms with Crippen LogP contribution in [0.3, 0.4) is 0 Å². The smallest absolute Gasteiger partial charge is 0.258 e. The van der Waals surface area contributed by atoms with Crippen molar-refractivity contribution in [2.24, 2.45) is 0 Å². The molecule has 0 radical (unpaired) electrons. The fourth-order valence-corrected chi connectivity index (χ4v) is 3.18. The summed E-state index contributed by atoms with van der Waals surface area (Å²) in [6, 6.07) is 17.2. The fraction of sp³-hybridized carbons (Fsp3) is 0.143. The Morgan fingerprint density at radius 3 is 2.56 bits per heavy atom. The van der Waals surface area contributed by atoms with Gasteiger partial charge in [0.1, 0.15) is 17.7 Å². The standard InChI is InChI=1S/C21H18FN3O2/c1-27-17-10-4-14(5-11-17)13-25-20(24-16-8-6-15(22)7-9-16)19-18(21(25)26)3-2-12-23-19/h2-12,20,24H,13H2,1H3/t20-/m0/s1. The SMILES string of the molecule is COc1ccc(CN2C(=O)c3cccnc3[C@H]2Nc2ccc(F)cc2)cc1. The Kier molecular flexibility index (Phi) is 4.46. The maximum absolute atomic E-state index is 13.2. The van der Waals surface area contributed by atoms with Crippen LogP contribution in [-0.2, 0) is 6.54 Å². The molecule has 0 saturated carbocycles. The molecule has 1 atom stereocenters. The van der Waals surface area contributed by atoms with E-state index in [-0.39, 0.29) is 11.7 Å². The Bertz CT molecular complexity index is 958. The van der Waals surface area contributed by atoms with Crippen molar-refractivity contribution < 1.29 is 13.9 Å². The molecule has 1 aromatic heterocycles. The Morgan fingerprint density at radius 1 is 1.11 bits per heavy atom. The molecule has 1 N–H and O–H groups in total. The van der Waals surface area contributed by atoms with Gasteiger partial charge in [0.15, 0.2) is 0 Å². The van der Waals surface area contributed by atoms with Crippen LogP contribution < -0.4 is 10.1 Å². The Hall–Kier alpha value is -3.41. The lowest BCUT2D eigenvalue weighted by Crippen LogP contribution is -2.32. The molecule has 3 aromatic rings. The molecule has 0 aliphatic carbocycles. The van der Waals surface area contributed by atoms with Gasteiger partial charge < -0.3 is 15.0 Å². The summed E-state index contributed by atoms with van der Waals surface area (Å²) >= 11 is 0. The van der Waals surface area contributed by atoms with Gasteiger partial charge in [-0.1, -0.05) is 12.1 Å². The van der Waals surface area contributed by atoms with E-state index in [1.165, 1.54) is 12.1 Å². The van der Waals surface area contributed by atoms with Crippen LogP contribution in [0.4, 0.5) is 10.1 Å². The first-order valence-corrected chi connectivity index (χ1v) is 8.56. The highest BCUT2D eigenvalue weighted by atomic mass is 19.1. The van der Waals surface area contributed by atoms with Gasteiger partial charge >= 0.3 is 0 Å². The van der Waals surface area contributed by atoms with Crippen LogP contribution in [0.2, 0.25) is 0 Å². The molecule has 6 heteroatoms. The third-order valence-electron chi connectivity index (χ3n) is 4.56. The van der Waals surface area contributed by atoms with Gasteiger partial charge in [0, 0.05) is 18.4 Å². The summed E-state index contributed by atoms with van der Waals surface area (Å²) in [5.41, 5.74) is 2.93. The highest BCUT2D eigenvalue weighted by Crippen LogP contribution is 2.34. The van der Waals surface area contributed by atoms with Crippen molar-refractivity contribution in [2.45, 2.75) is 12.7 Å². The molecule has 1 aliphatic heterocycles. The fourth-order valence-electron chi connectivity index (χ4n) is 3.18. The number of aromatic nitrogens is 1. The summed E-state index contributed by atoms with van der Waals surface area (Å²) in [5.74, 6) is 0.364. The number of amides is 1. The average molecular weight is 363 g/mol. The van der Waals surface area contributed by atoms with E-state index in [2.05, 4.69) is 10.3 Å². The molecule has 0 unspecified atom stereocenters. The lowest BCUT2D eigenvalue weighted by atomic mass is 10.2. The van der Waals surface area contributed by atoms with Gasteiger partial charge in [-0.15, -0.1) is 0 Å². The van der Waals surface area contributed by atoms with Crippen molar-refractivity contribution in [1.82, 2.24) is 9.88 Å². The van der Waals surface area contributed by atoms with Gasteiger partial charge in [0.2, 0.25) is 0 Å². The van der Waals surface area contributed by atoms with Crippen molar-refractivity contribution in [1.29, 1.82) is 0 Å². The molecule has 27 heavy (non-hydrogen) atoms. The molecule has 0 bridgehead atoms. The van der Waals surface area contributed by atoms with Crippen molar-refractivity contribution >= 4 is 11.6 Å². The van der Waals surface area contributed by atoms with Crippen LogP contribution in [0.5, 0.6) is 5.75 Å². The minimum absolute atomic E-state index is 0.0893. The van der Waals surface area contributed by atoms with Gasteiger partial charge in [-0.2, -0.15) is 0 Å². The lowest BCUT2D eigenvalue weighted by Gasteiger charge is -2.26. The first-order chi connectivity index (χ1) is 13.2. The van der Waals surface area contributed by atoms with Crippen molar-refractivity contribution in [2.75, 3.05) is 12.4 Å². The Balaban J connectivity index is 1.65. The summed E-state index contributed by atoms with van der Waals surface area (Å²) in [6.07, 6.45) is 1.24. The molecule has 2 aromatic carbocycles. The number of nitrogens with zero attached hydrogens (tertiary/aromatic N) is 2. The number of ether oxygens (including phenoxy) is 1. The van der Waals surface area contributed by atoms with Crippen molar-refractivity contribution in [3.63, 3.8) is 0 Å². The van der Waals surface area contributed by atoms with E-state index in [0.717, 1.165) is 11.3 Å². The number of nitrogens with one attached hydrogen (secondary N) is 1. The zero-order valence-corrected chi connectivity index (χ0v) is 14.7. The maximum atomic E-state index is 13.2. The van der Waals surface area contributed by atoms with E-state index in [9.17, 15) is 9.18 Å². The number of carbonyl (C=O) groups is 1. The molecule has 136 valence electrons. The minimum Gasteiger partial charge on any atom is -0.497 e. The molecule has 5 nitrogen and oxygen atoms in total. The number of halogens is 1. The van der Waals surface area contributed by atoms with E-state index in [0.29, 0.717) is 23.5 Å². The normalized spacial score (nSPS) is 15.6. The number of hydrogen-bond acceptors (Lipinski definition) is 4. The molecule has 2 heterocycles. The summed E-state index contributed by atoms with van der Waals surface area (Å²) in [5, 5.41) is 3.30. The zero-order valence-electron chi connectivity index (χ0n) is 14.7. The van der Waals surface area contributed by atoms with Gasteiger partial charge in [0.05, 0.1) is 18.4 Å². The van der Waals surface area contributed by atoms with Crippen LogP contribution in [0.15, 0.2) is 66.9 Å². The van der Waals surface area contributed by atoms with Crippen molar-refractivity contribution in [3.8, 4) is 5.75 Å². The molecule has 0 spiro atoms. The number of fused-ring (bicyclic) bond motifs is 1. The van der Waals surface area contributed by atoms with E-state index in [4.69, 9.17) is 4.74 Å². The second-order valence-corrected chi connectivity index (χ2v) is 6.27. The van der Waals surface area contributed by atoms with E-state index in [1.807, 2.05) is 24.3 Å². The summed E-state index contributed by atoms with van der Waals surface area (Å²) in [6.45, 7) is 0.415. The average Bonchev–Trinajstić information content (AvgIpc) is 2.96. The molecule has 4 rings (SSSR count). The number of carbonyl (C=O) groups excluding carboxylic acids is 1. The zero-order chi connectivity index (χ0) is 18.8. The number of methoxy groups -OCH3 is 1. The minimum atomic E-state index is -0.429. The quantitative estimate of drug-likeness (QED) is 0.745. The highest BCUT2D eigenvalue weighted by molar-refractivity contribution is 5.98. The third-order valence-corrected chi connectivity index (χ3v) is 4.56. The van der Waals surface area contributed by atoms with Gasteiger partial charge in [-0.05, 0) is 54.1 Å². The van der Waals surface area contributed by atoms with Crippen LogP contribution >= 0.6 is 0 Å². The van der Waals surface area contributed by atoms with E-state index < -0.39 is 6.17 Å². The first kappa shape index (κ1) is 17.0. The molecular formula is C21H18FN3O2. The number of pyridine rings is 1. The molecule has 1 amide bonds. The van der Waals surface area contributed by atoms with Gasteiger partial charge in [-0.3, -0.25) is 9.78 Å². The first-order valence-electron chi connectivity index (χ1n) is 8.56. The van der Waals surface area contributed by atoms with Crippen LogP contribution in [0.1, 0.15) is 27.8 Å². The van der Waals surface area contributed by atoms with Crippen LogP contribution in [-0.4, -0.2) is 22.9 Å². The number of anilines is 1. The highest BCUT2D eigenvalue weighted by Gasteiger charge is 2.37. The third kappa shape index (κ3) is 3.33. The van der Waals surface area contributed by atoms with Crippen molar-refractivity contribution in [3.05, 3.63) is 89.5 Å². The van der Waals surface area contributed by atoms with Crippen LogP contribution in [0, 0.1) is 5.82 Å². The van der Waals surface area contributed by atoms with Gasteiger partial charge in [-0.25, -0.2) is 4.39 Å². The number of benzene rings is 2.